The average Bonchev–Trinajstić information content (AvgIpc) is 2.37. The number of rotatable bonds is 2. The molecular weight excluding hydrogens is 267 g/mol. The molecule has 2 aromatic carbocycles. The second kappa shape index (κ2) is 5.56. The van der Waals surface area contributed by atoms with Crippen LogP contribution in [-0.2, 0) is 5.41 Å². The maximum atomic E-state index is 13.0. The molecule has 0 heterocycles. The number of hydrogen-bond acceptors (Lipinski definition) is 2. The van der Waals surface area contributed by atoms with E-state index in [9.17, 15) is 9.18 Å². The second-order valence-electron chi connectivity index (χ2n) is 5.98. The van der Waals surface area contributed by atoms with E-state index in [2.05, 4.69) is 26.1 Å². The first-order valence-electron chi connectivity index (χ1n) is 6.75. The van der Waals surface area contributed by atoms with Crippen molar-refractivity contribution < 1.29 is 9.18 Å². The molecule has 3 N–H and O–H groups in total. The van der Waals surface area contributed by atoms with E-state index < -0.39 is 5.82 Å². The largest absolute Gasteiger partial charge is 0.398 e. The molecular formula is C17H19FN2O. The Labute approximate surface area is 124 Å². The van der Waals surface area contributed by atoms with Crippen LogP contribution in [0.1, 0.15) is 36.7 Å². The molecule has 4 heteroatoms. The summed E-state index contributed by atoms with van der Waals surface area (Å²) in [6.07, 6.45) is 0. The fourth-order valence-corrected chi connectivity index (χ4v) is 2.18. The van der Waals surface area contributed by atoms with Crippen LogP contribution in [0.3, 0.4) is 0 Å². The summed E-state index contributed by atoms with van der Waals surface area (Å²) in [5.74, 6) is -0.802. The molecule has 0 radical (unpaired) electrons. The highest BCUT2D eigenvalue weighted by Crippen LogP contribution is 2.29. The molecule has 2 aromatic rings. The van der Waals surface area contributed by atoms with Crippen LogP contribution in [0.5, 0.6) is 0 Å². The van der Waals surface area contributed by atoms with Crippen LogP contribution >= 0.6 is 0 Å². The van der Waals surface area contributed by atoms with Crippen molar-refractivity contribution in [1.29, 1.82) is 0 Å². The highest BCUT2D eigenvalue weighted by molar-refractivity contribution is 6.08. The molecule has 0 saturated heterocycles. The fraction of sp³-hybridized carbons (Fsp3) is 0.235. The summed E-state index contributed by atoms with van der Waals surface area (Å²) in [5, 5.41) is 2.85. The summed E-state index contributed by atoms with van der Waals surface area (Å²) in [6, 6.07) is 11.4. The van der Waals surface area contributed by atoms with Gasteiger partial charge in [0.1, 0.15) is 5.82 Å². The highest BCUT2D eigenvalue weighted by atomic mass is 19.1. The van der Waals surface area contributed by atoms with Gasteiger partial charge in [-0.1, -0.05) is 39.0 Å². The zero-order valence-corrected chi connectivity index (χ0v) is 12.4. The smallest absolute Gasteiger partial charge is 0.257 e. The van der Waals surface area contributed by atoms with E-state index >= 15 is 0 Å². The molecule has 0 atom stereocenters. The molecule has 0 bridgehead atoms. The normalized spacial score (nSPS) is 11.2. The number of carbonyl (C=O) groups is 1. The van der Waals surface area contributed by atoms with Gasteiger partial charge in [0, 0.05) is 11.4 Å². The third-order valence-electron chi connectivity index (χ3n) is 3.24. The molecule has 0 aliphatic carbocycles. The van der Waals surface area contributed by atoms with Gasteiger partial charge in [0.2, 0.25) is 0 Å². The first-order chi connectivity index (χ1) is 9.79. The van der Waals surface area contributed by atoms with Crippen molar-refractivity contribution in [3.63, 3.8) is 0 Å². The number of carbonyl (C=O) groups excluding carboxylic acids is 1. The summed E-state index contributed by atoms with van der Waals surface area (Å²) in [4.78, 5) is 12.3. The lowest BCUT2D eigenvalue weighted by atomic mass is 9.86. The zero-order chi connectivity index (χ0) is 15.6. The molecule has 3 nitrogen and oxygen atoms in total. The van der Waals surface area contributed by atoms with Gasteiger partial charge >= 0.3 is 0 Å². The molecule has 110 valence electrons. The number of para-hydroxylation sites is 1. The van der Waals surface area contributed by atoms with E-state index in [1.807, 2.05) is 24.3 Å². The van der Waals surface area contributed by atoms with E-state index in [0.717, 1.165) is 17.3 Å². The minimum absolute atomic E-state index is 0.0990. The van der Waals surface area contributed by atoms with Crippen molar-refractivity contribution in [2.24, 2.45) is 0 Å². The lowest BCUT2D eigenvalue weighted by molar-refractivity contribution is 0.102. The number of halogens is 1. The summed E-state index contributed by atoms with van der Waals surface area (Å²) in [6.45, 7) is 6.22. The molecule has 0 saturated carbocycles. The Hall–Kier alpha value is -2.36. The van der Waals surface area contributed by atoms with Crippen molar-refractivity contribution in [3.05, 3.63) is 59.4 Å². The standard InChI is InChI=1S/C17H19FN2O/c1-17(2,3)13-6-4-5-7-15(13)20-16(21)12-9-8-11(18)10-14(12)19/h4-10H,19H2,1-3H3,(H,20,21). The Morgan fingerprint density at radius 1 is 1.14 bits per heavy atom. The number of nitrogens with two attached hydrogens (primary N) is 1. The number of nitrogens with one attached hydrogen (secondary N) is 1. The molecule has 0 spiro atoms. The van der Waals surface area contributed by atoms with E-state index in [0.29, 0.717) is 0 Å². The van der Waals surface area contributed by atoms with Gasteiger partial charge < -0.3 is 11.1 Å². The van der Waals surface area contributed by atoms with Gasteiger partial charge in [-0.3, -0.25) is 4.79 Å². The van der Waals surface area contributed by atoms with Crippen molar-refractivity contribution in [3.8, 4) is 0 Å². The second-order valence-corrected chi connectivity index (χ2v) is 5.98. The summed E-state index contributed by atoms with van der Waals surface area (Å²) in [7, 11) is 0. The van der Waals surface area contributed by atoms with Gasteiger partial charge in [-0.15, -0.1) is 0 Å². The predicted octanol–water partition coefficient (Wildman–Crippen LogP) is 3.96. The lowest BCUT2D eigenvalue weighted by Crippen LogP contribution is -2.19. The van der Waals surface area contributed by atoms with E-state index in [4.69, 9.17) is 5.73 Å². The minimum Gasteiger partial charge on any atom is -0.398 e. The van der Waals surface area contributed by atoms with E-state index in [1.165, 1.54) is 12.1 Å². The number of hydrogen-bond donors (Lipinski definition) is 2. The predicted molar refractivity (Wildman–Crippen MR) is 83.9 cm³/mol. The maximum absolute atomic E-state index is 13.0. The molecule has 21 heavy (non-hydrogen) atoms. The molecule has 2 rings (SSSR count). The molecule has 1 amide bonds. The van der Waals surface area contributed by atoms with Crippen molar-refractivity contribution in [2.45, 2.75) is 26.2 Å². The summed E-state index contributed by atoms with van der Waals surface area (Å²) < 4.78 is 13.0. The van der Waals surface area contributed by atoms with Crippen LogP contribution in [0.4, 0.5) is 15.8 Å². The number of nitrogen functional groups attached to an aromatic ring is 1. The van der Waals surface area contributed by atoms with Crippen LogP contribution in [0.25, 0.3) is 0 Å². The Balaban J connectivity index is 2.32. The fourth-order valence-electron chi connectivity index (χ4n) is 2.18. The van der Waals surface area contributed by atoms with Crippen LogP contribution in [-0.4, -0.2) is 5.91 Å². The van der Waals surface area contributed by atoms with Crippen LogP contribution in [0.2, 0.25) is 0 Å². The Morgan fingerprint density at radius 2 is 1.81 bits per heavy atom. The van der Waals surface area contributed by atoms with Gasteiger partial charge in [0.15, 0.2) is 0 Å². The average molecular weight is 286 g/mol. The molecule has 0 aliphatic heterocycles. The first-order valence-corrected chi connectivity index (χ1v) is 6.75. The minimum atomic E-state index is -0.459. The van der Waals surface area contributed by atoms with Crippen LogP contribution in [0, 0.1) is 5.82 Å². The Morgan fingerprint density at radius 3 is 2.43 bits per heavy atom. The summed E-state index contributed by atoms with van der Waals surface area (Å²) >= 11 is 0. The molecule has 0 fully saturated rings. The quantitative estimate of drug-likeness (QED) is 0.821. The molecule has 0 aromatic heterocycles. The topological polar surface area (TPSA) is 55.1 Å². The van der Waals surface area contributed by atoms with E-state index in [-0.39, 0.29) is 22.6 Å². The summed E-state index contributed by atoms with van der Waals surface area (Å²) in [5.41, 5.74) is 7.75. The van der Waals surface area contributed by atoms with Crippen molar-refractivity contribution >= 4 is 17.3 Å². The van der Waals surface area contributed by atoms with Gasteiger partial charge in [-0.25, -0.2) is 4.39 Å². The Bertz CT molecular complexity index is 675. The molecule has 0 aliphatic rings. The van der Waals surface area contributed by atoms with E-state index in [1.54, 1.807) is 0 Å². The number of anilines is 2. The monoisotopic (exact) mass is 286 g/mol. The van der Waals surface area contributed by atoms with Crippen LogP contribution in [0.15, 0.2) is 42.5 Å². The Kier molecular flexibility index (Phi) is 3.98. The molecule has 0 unspecified atom stereocenters. The van der Waals surface area contributed by atoms with Gasteiger partial charge in [0.25, 0.3) is 5.91 Å². The number of amides is 1. The van der Waals surface area contributed by atoms with Crippen molar-refractivity contribution in [1.82, 2.24) is 0 Å². The van der Waals surface area contributed by atoms with Crippen LogP contribution < -0.4 is 11.1 Å². The van der Waals surface area contributed by atoms with Gasteiger partial charge in [-0.2, -0.15) is 0 Å². The number of benzene rings is 2. The SMILES string of the molecule is CC(C)(C)c1ccccc1NC(=O)c1ccc(F)cc1N. The maximum Gasteiger partial charge on any atom is 0.257 e. The first kappa shape index (κ1) is 15.0. The third-order valence-corrected chi connectivity index (χ3v) is 3.24. The third kappa shape index (κ3) is 3.40. The lowest BCUT2D eigenvalue weighted by Gasteiger charge is -2.23. The van der Waals surface area contributed by atoms with Gasteiger partial charge in [0.05, 0.1) is 5.56 Å². The highest BCUT2D eigenvalue weighted by Gasteiger charge is 2.19. The zero-order valence-electron chi connectivity index (χ0n) is 12.4. The van der Waals surface area contributed by atoms with Crippen molar-refractivity contribution in [2.75, 3.05) is 11.1 Å². The van der Waals surface area contributed by atoms with Gasteiger partial charge in [-0.05, 0) is 35.2 Å².